The summed E-state index contributed by atoms with van der Waals surface area (Å²) >= 11 is 0. The van der Waals surface area contributed by atoms with Gasteiger partial charge in [-0.2, -0.15) is 5.26 Å². The normalized spacial score (nSPS) is 11.0. The van der Waals surface area contributed by atoms with E-state index in [0.29, 0.717) is 5.69 Å². The van der Waals surface area contributed by atoms with Crippen molar-refractivity contribution in [3.8, 4) is 6.07 Å². The molecule has 2 aromatic carbocycles. The van der Waals surface area contributed by atoms with E-state index in [-0.39, 0.29) is 23.4 Å². The molecule has 28 heavy (non-hydrogen) atoms. The molecule has 2 aromatic rings. The minimum absolute atomic E-state index is 0.0485. The number of ether oxygens (including phenoxy) is 1. The van der Waals surface area contributed by atoms with Crippen LogP contribution in [0.5, 0.6) is 0 Å². The summed E-state index contributed by atoms with van der Waals surface area (Å²) < 4.78 is 4.70. The third kappa shape index (κ3) is 4.76. The molecule has 9 heteroatoms. The van der Waals surface area contributed by atoms with Crippen LogP contribution in [0, 0.1) is 27.4 Å². The first-order valence-corrected chi connectivity index (χ1v) is 8.13. The van der Waals surface area contributed by atoms with Crippen molar-refractivity contribution in [3.63, 3.8) is 0 Å². The molecule has 0 fully saturated rings. The van der Waals surface area contributed by atoms with Gasteiger partial charge in [0.1, 0.15) is 0 Å². The molecular weight excluding hydrogens is 366 g/mol. The maximum Gasteiger partial charge on any atom is 0.331 e. The topological polar surface area (TPSA) is 139 Å². The lowest BCUT2D eigenvalue weighted by Gasteiger charge is -2.09. The molecule has 0 saturated carbocycles. The van der Waals surface area contributed by atoms with Gasteiger partial charge in [0.25, 0.3) is 11.6 Å². The van der Waals surface area contributed by atoms with Crippen LogP contribution in [-0.4, -0.2) is 29.2 Å². The van der Waals surface area contributed by atoms with Gasteiger partial charge in [-0.05, 0) is 37.3 Å². The van der Waals surface area contributed by atoms with E-state index in [4.69, 9.17) is 10.00 Å². The number of hydrogen-bond acceptors (Lipinski definition) is 7. The number of nitro groups is 1. The van der Waals surface area contributed by atoms with Gasteiger partial charge < -0.3 is 10.1 Å². The number of nitrogens with one attached hydrogen (secondary N) is 1. The lowest BCUT2D eigenvalue weighted by Crippen LogP contribution is -2.25. The fourth-order valence-corrected chi connectivity index (χ4v) is 2.29. The number of amides is 1. The van der Waals surface area contributed by atoms with Crippen molar-refractivity contribution in [2.24, 2.45) is 5.92 Å². The highest BCUT2D eigenvalue weighted by Crippen LogP contribution is 2.17. The lowest BCUT2D eigenvalue weighted by atomic mass is 9.99. The van der Waals surface area contributed by atoms with Gasteiger partial charge in [-0.25, -0.2) is 0 Å². The monoisotopic (exact) mass is 381 g/mol. The largest absolute Gasteiger partial charge is 0.465 e. The summed E-state index contributed by atoms with van der Waals surface area (Å²) in [5.41, 5.74) is 0.321. The number of non-ortho nitro benzene ring substituents is 1. The van der Waals surface area contributed by atoms with Crippen LogP contribution in [0.1, 0.15) is 27.6 Å². The number of esters is 1. The van der Waals surface area contributed by atoms with Crippen molar-refractivity contribution in [2.75, 3.05) is 11.9 Å². The Kier molecular flexibility index (Phi) is 6.54. The highest BCUT2D eigenvalue weighted by Gasteiger charge is 2.28. The number of hydrogen-bond donors (Lipinski definition) is 1. The second kappa shape index (κ2) is 9.05. The number of carbonyl (C=O) groups is 3. The van der Waals surface area contributed by atoms with Gasteiger partial charge in [-0.15, -0.1) is 0 Å². The van der Waals surface area contributed by atoms with Crippen LogP contribution >= 0.6 is 0 Å². The van der Waals surface area contributed by atoms with Crippen LogP contribution in [-0.2, 0) is 9.53 Å². The Hall–Kier alpha value is -4.06. The quantitative estimate of drug-likeness (QED) is 0.256. The summed E-state index contributed by atoms with van der Waals surface area (Å²) in [6.45, 7) is 1.61. The summed E-state index contributed by atoms with van der Waals surface area (Å²) in [5.74, 6) is -3.76. The lowest BCUT2D eigenvalue weighted by molar-refractivity contribution is -0.384. The van der Waals surface area contributed by atoms with E-state index in [1.807, 2.05) is 0 Å². The summed E-state index contributed by atoms with van der Waals surface area (Å²) in [5, 5.41) is 22.4. The first-order valence-electron chi connectivity index (χ1n) is 8.13. The second-order valence-electron chi connectivity index (χ2n) is 5.52. The molecule has 0 saturated heterocycles. The van der Waals surface area contributed by atoms with Gasteiger partial charge >= 0.3 is 5.97 Å². The van der Waals surface area contributed by atoms with E-state index in [2.05, 4.69) is 5.32 Å². The Morgan fingerprint density at radius 2 is 1.86 bits per heavy atom. The molecular formula is C19H15N3O6. The predicted molar refractivity (Wildman–Crippen MR) is 97.6 cm³/mol. The number of ketones is 1. The molecule has 0 aliphatic heterocycles. The van der Waals surface area contributed by atoms with Crippen molar-refractivity contribution < 1.29 is 24.0 Å². The van der Waals surface area contributed by atoms with E-state index >= 15 is 0 Å². The molecule has 0 spiro atoms. The molecule has 1 atom stereocenters. The van der Waals surface area contributed by atoms with Gasteiger partial charge in [0, 0.05) is 28.9 Å². The summed E-state index contributed by atoms with van der Waals surface area (Å²) in [6, 6.07) is 12.4. The fourth-order valence-electron chi connectivity index (χ4n) is 2.29. The summed E-state index contributed by atoms with van der Waals surface area (Å²) in [6.07, 6.45) is 0. The van der Waals surface area contributed by atoms with Gasteiger partial charge in [0.2, 0.25) is 5.92 Å². The molecule has 0 aliphatic rings. The number of nitro benzene ring substituents is 1. The Bertz CT molecular complexity index is 962. The van der Waals surface area contributed by atoms with Crippen LogP contribution in [0.15, 0.2) is 48.5 Å². The average Bonchev–Trinajstić information content (AvgIpc) is 2.69. The van der Waals surface area contributed by atoms with Gasteiger partial charge in [0.05, 0.1) is 17.6 Å². The number of nitriles is 1. The van der Waals surface area contributed by atoms with E-state index in [1.165, 1.54) is 42.5 Å². The van der Waals surface area contributed by atoms with Crippen molar-refractivity contribution in [2.45, 2.75) is 6.92 Å². The third-order valence-corrected chi connectivity index (χ3v) is 3.66. The van der Waals surface area contributed by atoms with E-state index < -0.39 is 28.5 Å². The number of rotatable bonds is 7. The Morgan fingerprint density at radius 3 is 2.43 bits per heavy atom. The molecule has 0 aliphatic carbocycles. The fraction of sp³-hybridized carbons (Fsp3) is 0.158. The number of carbonyl (C=O) groups excluding carboxylic acids is 3. The van der Waals surface area contributed by atoms with Crippen molar-refractivity contribution in [1.82, 2.24) is 0 Å². The molecule has 1 amide bonds. The average molecular weight is 381 g/mol. The second-order valence-corrected chi connectivity index (χ2v) is 5.52. The number of nitrogens with zero attached hydrogens (tertiary/aromatic N) is 2. The van der Waals surface area contributed by atoms with Crippen LogP contribution in [0.3, 0.4) is 0 Å². The standard InChI is InChI=1S/C19H15N3O6/c1-2-28-19(25)16(11-20)17(23)12-6-8-14(9-7-12)21-18(24)13-4-3-5-15(10-13)22(26)27/h3-10,16H,2H2,1H3,(H,21,24). The van der Waals surface area contributed by atoms with Crippen LogP contribution < -0.4 is 5.32 Å². The minimum Gasteiger partial charge on any atom is -0.465 e. The molecule has 1 N–H and O–H groups in total. The Labute approximate surface area is 159 Å². The first-order chi connectivity index (χ1) is 13.4. The zero-order valence-corrected chi connectivity index (χ0v) is 14.7. The van der Waals surface area contributed by atoms with Crippen molar-refractivity contribution >= 4 is 29.0 Å². The Balaban J connectivity index is 2.12. The third-order valence-electron chi connectivity index (χ3n) is 3.66. The molecule has 142 valence electrons. The highest BCUT2D eigenvalue weighted by molar-refractivity contribution is 6.11. The highest BCUT2D eigenvalue weighted by atomic mass is 16.6. The van der Waals surface area contributed by atoms with Crippen LogP contribution in [0.25, 0.3) is 0 Å². The predicted octanol–water partition coefficient (Wildman–Crippen LogP) is 2.73. The van der Waals surface area contributed by atoms with Crippen molar-refractivity contribution in [1.29, 1.82) is 5.26 Å². The van der Waals surface area contributed by atoms with E-state index in [1.54, 1.807) is 13.0 Å². The summed E-state index contributed by atoms with van der Waals surface area (Å²) in [4.78, 5) is 46.3. The SMILES string of the molecule is CCOC(=O)C(C#N)C(=O)c1ccc(NC(=O)c2cccc([N+](=O)[O-])c2)cc1. The van der Waals surface area contributed by atoms with E-state index in [9.17, 15) is 24.5 Å². The van der Waals surface area contributed by atoms with Gasteiger partial charge in [-0.3, -0.25) is 24.5 Å². The van der Waals surface area contributed by atoms with Crippen LogP contribution in [0.4, 0.5) is 11.4 Å². The molecule has 2 rings (SSSR count). The molecule has 0 bridgehead atoms. The van der Waals surface area contributed by atoms with Gasteiger partial charge in [0.15, 0.2) is 5.78 Å². The van der Waals surface area contributed by atoms with Crippen LogP contribution in [0.2, 0.25) is 0 Å². The van der Waals surface area contributed by atoms with Gasteiger partial charge in [-0.1, -0.05) is 6.07 Å². The maximum absolute atomic E-state index is 12.3. The minimum atomic E-state index is -1.56. The maximum atomic E-state index is 12.3. The zero-order valence-electron chi connectivity index (χ0n) is 14.7. The van der Waals surface area contributed by atoms with E-state index in [0.717, 1.165) is 6.07 Å². The molecule has 0 heterocycles. The molecule has 0 aromatic heterocycles. The number of anilines is 1. The number of Topliss-reactive ketones (excluding diaryl/α,β-unsaturated/α-hetero) is 1. The smallest absolute Gasteiger partial charge is 0.331 e. The first kappa shape index (κ1) is 20.3. The zero-order chi connectivity index (χ0) is 20.7. The Morgan fingerprint density at radius 1 is 1.18 bits per heavy atom. The number of benzene rings is 2. The van der Waals surface area contributed by atoms with Crippen molar-refractivity contribution in [3.05, 3.63) is 69.8 Å². The molecule has 0 radical (unpaired) electrons. The molecule has 1 unspecified atom stereocenters. The molecule has 9 nitrogen and oxygen atoms in total. The summed E-state index contributed by atoms with van der Waals surface area (Å²) in [7, 11) is 0.